The van der Waals surface area contributed by atoms with Crippen molar-refractivity contribution in [2.45, 2.75) is 31.5 Å². The van der Waals surface area contributed by atoms with Crippen LogP contribution in [0.1, 0.15) is 11.8 Å². The first kappa shape index (κ1) is 19.5. The van der Waals surface area contributed by atoms with Crippen LogP contribution < -0.4 is 11.2 Å². The summed E-state index contributed by atoms with van der Waals surface area (Å²) in [5.74, 6) is 0. The Bertz CT molecular complexity index is 776. The molecule has 11 nitrogen and oxygen atoms in total. The van der Waals surface area contributed by atoms with Crippen LogP contribution in [0.4, 0.5) is 0 Å². The van der Waals surface area contributed by atoms with Crippen molar-refractivity contribution in [3.05, 3.63) is 32.6 Å². The van der Waals surface area contributed by atoms with Crippen LogP contribution >= 0.6 is 6.72 Å². The molecule has 1 saturated heterocycles. The minimum atomic E-state index is -4.45. The van der Waals surface area contributed by atoms with E-state index < -0.39 is 60.2 Å². The summed E-state index contributed by atoms with van der Waals surface area (Å²) in [6, 6.07) is 0. The van der Waals surface area contributed by atoms with E-state index >= 15 is 0 Å². The zero-order valence-corrected chi connectivity index (χ0v) is 14.5. The van der Waals surface area contributed by atoms with Crippen molar-refractivity contribution in [2.24, 2.45) is 0 Å². The smallest absolute Gasteiger partial charge is 0.343 e. The molecule has 0 aromatic carbocycles. The minimum absolute atomic E-state index is 0.0657. The van der Waals surface area contributed by atoms with Crippen LogP contribution in [0.5, 0.6) is 0 Å². The molecule has 138 valence electrons. The maximum atomic E-state index is 12.5. The molecule has 0 radical (unpaired) electrons. The third-order valence-electron chi connectivity index (χ3n) is 3.51. The number of ether oxygens (including phenoxy) is 2. The molecule has 1 fully saturated rings. The lowest BCUT2D eigenvalue weighted by Gasteiger charge is -2.21. The molecule has 4 atom stereocenters. The van der Waals surface area contributed by atoms with E-state index in [0.29, 0.717) is 3.97 Å². The summed E-state index contributed by atoms with van der Waals surface area (Å²) >= 11 is -0.680. The van der Waals surface area contributed by atoms with E-state index in [1.807, 2.05) is 0 Å². The highest BCUT2D eigenvalue weighted by atomic mass is 32.5. The van der Waals surface area contributed by atoms with Gasteiger partial charge in [0.25, 0.3) is 12.3 Å². The Labute approximate surface area is 139 Å². The first-order chi connectivity index (χ1) is 11.1. The molecule has 2 heterocycles. The van der Waals surface area contributed by atoms with Gasteiger partial charge in [0.2, 0.25) is 0 Å². The number of hydrogen-bond donors (Lipinski definition) is 6. The molecule has 5 N–H and O–H groups in total. The highest BCUT2D eigenvalue weighted by Crippen LogP contribution is 2.32. The average Bonchev–Trinajstić information content (AvgIpc) is 2.82. The van der Waals surface area contributed by atoms with E-state index in [2.05, 4.69) is 0 Å². The highest BCUT2D eigenvalue weighted by Gasteiger charge is 2.45. The number of aryl methyl sites for hydroxylation is 1. The highest BCUT2D eigenvalue weighted by molar-refractivity contribution is 8.15. The van der Waals surface area contributed by atoms with Gasteiger partial charge in [0, 0.05) is 18.9 Å². The predicted octanol–water partition coefficient (Wildman–Crippen LogP) is -3.18. The van der Waals surface area contributed by atoms with Gasteiger partial charge in [0.15, 0.2) is 6.23 Å². The summed E-state index contributed by atoms with van der Waals surface area (Å²) in [4.78, 5) is 52.0. The van der Waals surface area contributed by atoms with E-state index in [1.165, 1.54) is 20.2 Å². The number of thiol groups is 1. The third kappa shape index (κ3) is 3.72. The van der Waals surface area contributed by atoms with Crippen molar-refractivity contribution in [3.8, 4) is 0 Å². The van der Waals surface area contributed by atoms with Gasteiger partial charge in [-0.1, -0.05) is 0 Å². The number of nitrogens with zero attached hydrogens (tertiary/aromatic N) is 2. The van der Waals surface area contributed by atoms with Gasteiger partial charge in [-0.05, 0) is 18.0 Å². The van der Waals surface area contributed by atoms with Crippen molar-refractivity contribution in [1.29, 1.82) is 0 Å². The first-order valence-electron chi connectivity index (χ1n) is 6.73. The Morgan fingerprint density at radius 3 is 2.50 bits per heavy atom. The lowest BCUT2D eigenvalue weighted by molar-refractivity contribution is -0.0627. The second-order valence-electron chi connectivity index (χ2n) is 5.18. The SMILES string of the molecule is CO[C@@H]1[C@@H](O)[C@@H](CO)O[C@H]1n1cc(C)c(=O)n([SH]=P(O)(O)O)c1=O. The number of rotatable bonds is 4. The van der Waals surface area contributed by atoms with Gasteiger partial charge >= 0.3 is 5.69 Å². The monoisotopic (exact) mass is 386 g/mol. The molecule has 13 heteroatoms. The molecule has 0 amide bonds. The van der Waals surface area contributed by atoms with Gasteiger partial charge < -0.3 is 34.4 Å². The fourth-order valence-electron chi connectivity index (χ4n) is 2.41. The zero-order valence-electron chi connectivity index (χ0n) is 12.8. The summed E-state index contributed by atoms with van der Waals surface area (Å²) in [6.07, 6.45) is -3.19. The van der Waals surface area contributed by atoms with Crippen molar-refractivity contribution in [2.75, 3.05) is 13.7 Å². The van der Waals surface area contributed by atoms with E-state index in [4.69, 9.17) is 24.2 Å². The van der Waals surface area contributed by atoms with Gasteiger partial charge in [-0.25, -0.2) is 8.77 Å². The summed E-state index contributed by atoms with van der Waals surface area (Å²) in [6.45, 7) is -3.58. The summed E-state index contributed by atoms with van der Waals surface area (Å²) < 4.78 is 11.9. The molecule has 1 aromatic rings. The van der Waals surface area contributed by atoms with Crippen LogP contribution in [0.15, 0.2) is 15.8 Å². The van der Waals surface area contributed by atoms with Crippen LogP contribution in [0, 0.1) is 6.92 Å². The molecule has 2 rings (SSSR count). The summed E-state index contributed by atoms with van der Waals surface area (Å²) in [5, 5.41) is 19.3. The van der Waals surface area contributed by atoms with E-state index in [0.717, 1.165) is 4.57 Å². The van der Waals surface area contributed by atoms with E-state index in [9.17, 15) is 19.8 Å². The van der Waals surface area contributed by atoms with Gasteiger partial charge in [0.1, 0.15) is 18.3 Å². The quantitative estimate of drug-likeness (QED) is 0.231. The van der Waals surface area contributed by atoms with Crippen molar-refractivity contribution in [3.63, 3.8) is 0 Å². The molecule has 0 aliphatic carbocycles. The molecule has 1 aliphatic rings. The van der Waals surface area contributed by atoms with Crippen LogP contribution in [-0.2, 0) is 20.6 Å². The van der Waals surface area contributed by atoms with Crippen LogP contribution in [-0.4, -0.2) is 65.5 Å². The first-order valence-corrected chi connectivity index (χ1v) is 9.93. The van der Waals surface area contributed by atoms with Crippen LogP contribution in [0.25, 0.3) is 0 Å². The Balaban J connectivity index is 2.64. The molecule has 0 unspecified atom stereocenters. The number of hydrogen-bond acceptors (Lipinski definition) is 6. The molecule has 24 heavy (non-hydrogen) atoms. The Morgan fingerprint density at radius 1 is 1.38 bits per heavy atom. The van der Waals surface area contributed by atoms with Crippen molar-refractivity contribution in [1.82, 2.24) is 8.54 Å². The zero-order chi connectivity index (χ0) is 18.2. The lowest BCUT2D eigenvalue weighted by atomic mass is 10.1. The Morgan fingerprint density at radius 2 is 2.00 bits per heavy atom. The van der Waals surface area contributed by atoms with Gasteiger partial charge in [0.05, 0.1) is 6.61 Å². The second-order valence-corrected chi connectivity index (χ2v) is 8.98. The largest absolute Gasteiger partial charge is 0.394 e. The number of aliphatic hydroxyl groups is 2. The number of methoxy groups -OCH3 is 1. The molecule has 0 saturated carbocycles. The van der Waals surface area contributed by atoms with E-state index in [1.54, 1.807) is 0 Å². The van der Waals surface area contributed by atoms with Gasteiger partial charge in [-0.3, -0.25) is 9.36 Å². The number of aliphatic hydroxyl groups excluding tert-OH is 2. The second kappa shape index (κ2) is 7.20. The normalized spacial score (nSPS) is 27.6. The van der Waals surface area contributed by atoms with Gasteiger partial charge in [-0.15, -0.1) is 0 Å². The Kier molecular flexibility index (Phi) is 5.85. The standard InChI is InChI=1S/C11H19N2O9PS/c1-5-3-12(10-8(21-2)7(15)6(4-14)22-10)11(17)13(9(5)16)24-23(18,19)20/h3,6-8,10,14-15,18-20,24H,4H2,1-2H3/t6-,7+,8-,10-/m1/s1. The maximum absolute atomic E-state index is 12.5. The maximum Gasteiger partial charge on any atom is 0.343 e. The van der Waals surface area contributed by atoms with Gasteiger partial charge in [-0.2, -0.15) is 0 Å². The van der Waals surface area contributed by atoms with Crippen LogP contribution in [0.2, 0.25) is 0 Å². The fraction of sp³-hybridized carbons (Fsp3) is 0.636. The lowest BCUT2D eigenvalue weighted by Crippen LogP contribution is -2.43. The predicted molar refractivity (Wildman–Crippen MR) is 85.2 cm³/mol. The molecule has 1 aliphatic heterocycles. The van der Waals surface area contributed by atoms with Crippen molar-refractivity contribution < 1.29 is 34.4 Å². The minimum Gasteiger partial charge on any atom is -0.394 e. The third-order valence-corrected chi connectivity index (χ3v) is 5.54. The molecular weight excluding hydrogens is 367 g/mol. The topological polar surface area (TPSA) is 164 Å². The molecule has 0 spiro atoms. The van der Waals surface area contributed by atoms with Crippen molar-refractivity contribution >= 4 is 17.8 Å². The molecule has 0 bridgehead atoms. The fourth-order valence-corrected chi connectivity index (χ4v) is 4.26. The van der Waals surface area contributed by atoms with Crippen LogP contribution in [0.3, 0.4) is 0 Å². The van der Waals surface area contributed by atoms with E-state index in [-0.39, 0.29) is 5.56 Å². The summed E-state index contributed by atoms with van der Waals surface area (Å²) in [7, 11) is 1.28. The average molecular weight is 386 g/mol. The Hall–Kier alpha value is -0.820. The molecular formula is C11H19N2O9PS. The molecule has 1 aromatic heterocycles. The summed E-state index contributed by atoms with van der Waals surface area (Å²) in [5.41, 5.74) is -1.74. The number of aromatic nitrogens is 2.